The molecule has 9 nitrogen and oxygen atoms in total. The summed E-state index contributed by atoms with van der Waals surface area (Å²) in [6, 6.07) is 7.98. The predicted octanol–water partition coefficient (Wildman–Crippen LogP) is 2.66. The number of halogens is 1. The van der Waals surface area contributed by atoms with Gasteiger partial charge in [-0.1, -0.05) is 13.8 Å². The Morgan fingerprint density at radius 1 is 1.32 bits per heavy atom. The maximum Gasteiger partial charge on any atom is 0.407 e. The minimum atomic E-state index is -0.992. The number of carbonyl (C=O) groups is 1. The zero-order valence-electron chi connectivity index (χ0n) is 16.9. The highest BCUT2D eigenvalue weighted by molar-refractivity contribution is 5.65. The molecule has 0 spiro atoms. The van der Waals surface area contributed by atoms with Crippen LogP contribution >= 0.6 is 0 Å². The van der Waals surface area contributed by atoms with Gasteiger partial charge < -0.3 is 14.7 Å². The molecule has 1 aromatic heterocycles. The fourth-order valence-electron chi connectivity index (χ4n) is 3.64. The van der Waals surface area contributed by atoms with Gasteiger partial charge in [-0.05, 0) is 18.1 Å². The van der Waals surface area contributed by atoms with Crippen LogP contribution < -0.4 is 10.3 Å². The molecule has 3 rings (SSSR count). The van der Waals surface area contributed by atoms with Crippen LogP contribution in [0.2, 0.25) is 0 Å². The molecule has 1 amide bonds. The third kappa shape index (κ3) is 4.48. The Morgan fingerprint density at radius 2 is 2.06 bits per heavy atom. The van der Waals surface area contributed by atoms with Gasteiger partial charge in [0, 0.05) is 31.5 Å². The molecule has 2 aromatic rings. The lowest BCUT2D eigenvalue weighted by molar-refractivity contribution is 0.0377. The molecule has 1 fully saturated rings. The van der Waals surface area contributed by atoms with E-state index >= 15 is 0 Å². The standard InChI is InChI=1S/C21H20FN5O4/c1-12(2)18-8-15(5-6-26(18)21(29)30)31-19-9-20(28)27(25-17(19)11-24)14-4-3-13(10-23)16(22)7-14/h3-4,7,9,12,15,18H,5-6,8H2,1-2H3,(H,29,30). The van der Waals surface area contributed by atoms with E-state index in [1.165, 1.54) is 17.0 Å². The van der Waals surface area contributed by atoms with Crippen LogP contribution in [-0.2, 0) is 0 Å². The third-order valence-electron chi connectivity index (χ3n) is 5.23. The first-order chi connectivity index (χ1) is 14.7. The highest BCUT2D eigenvalue weighted by atomic mass is 19.1. The van der Waals surface area contributed by atoms with Gasteiger partial charge in [0.05, 0.1) is 17.3 Å². The van der Waals surface area contributed by atoms with E-state index in [2.05, 4.69) is 5.10 Å². The van der Waals surface area contributed by atoms with E-state index in [1.807, 2.05) is 19.9 Å². The Bertz CT molecular complexity index is 1150. The van der Waals surface area contributed by atoms with E-state index in [9.17, 15) is 24.3 Å². The molecular formula is C21H20FN5O4. The lowest BCUT2D eigenvalue weighted by Gasteiger charge is -2.39. The smallest absolute Gasteiger partial charge is 0.407 e. The van der Waals surface area contributed by atoms with Crippen molar-refractivity contribution < 1.29 is 19.0 Å². The summed E-state index contributed by atoms with van der Waals surface area (Å²) < 4.78 is 20.7. The fourth-order valence-corrected chi connectivity index (χ4v) is 3.64. The first-order valence-electron chi connectivity index (χ1n) is 9.65. The Balaban J connectivity index is 1.89. The number of nitrogens with zero attached hydrogens (tertiary/aromatic N) is 5. The first kappa shape index (κ1) is 21.8. The molecule has 0 bridgehead atoms. The lowest BCUT2D eigenvalue weighted by atomic mass is 9.91. The van der Waals surface area contributed by atoms with E-state index in [0.29, 0.717) is 12.8 Å². The second-order valence-electron chi connectivity index (χ2n) is 7.55. The minimum Gasteiger partial charge on any atom is -0.487 e. The van der Waals surface area contributed by atoms with Crippen LogP contribution in [0.3, 0.4) is 0 Å². The quantitative estimate of drug-likeness (QED) is 0.796. The van der Waals surface area contributed by atoms with Gasteiger partial charge in [-0.3, -0.25) is 4.79 Å². The van der Waals surface area contributed by atoms with Crippen molar-refractivity contribution in [2.75, 3.05) is 6.54 Å². The van der Waals surface area contributed by atoms with E-state index in [4.69, 9.17) is 10.00 Å². The number of carboxylic acid groups (broad SMARTS) is 1. The predicted molar refractivity (Wildman–Crippen MR) is 106 cm³/mol. The molecular weight excluding hydrogens is 405 g/mol. The maximum atomic E-state index is 13.9. The first-order valence-corrected chi connectivity index (χ1v) is 9.65. The summed E-state index contributed by atoms with van der Waals surface area (Å²) in [4.78, 5) is 25.4. The Morgan fingerprint density at radius 3 is 2.65 bits per heavy atom. The van der Waals surface area contributed by atoms with Gasteiger partial charge in [0.2, 0.25) is 5.69 Å². The summed E-state index contributed by atoms with van der Waals surface area (Å²) in [5, 5.41) is 31.7. The molecule has 0 saturated carbocycles. The molecule has 0 radical (unpaired) electrons. The number of nitriles is 2. The molecule has 160 valence electrons. The summed E-state index contributed by atoms with van der Waals surface area (Å²) in [6.07, 6.45) is -0.559. The van der Waals surface area contributed by atoms with E-state index in [1.54, 1.807) is 6.07 Å². The van der Waals surface area contributed by atoms with Crippen molar-refractivity contribution in [3.05, 3.63) is 51.7 Å². The molecule has 0 aliphatic carbocycles. The van der Waals surface area contributed by atoms with Crippen molar-refractivity contribution in [2.45, 2.75) is 38.8 Å². The van der Waals surface area contributed by atoms with Crippen molar-refractivity contribution in [3.8, 4) is 23.6 Å². The average Bonchev–Trinajstić information content (AvgIpc) is 2.73. The summed E-state index contributed by atoms with van der Waals surface area (Å²) >= 11 is 0. The topological polar surface area (TPSA) is 132 Å². The second kappa shape index (κ2) is 8.84. The highest BCUT2D eigenvalue weighted by Gasteiger charge is 2.34. The van der Waals surface area contributed by atoms with Crippen LogP contribution in [0.1, 0.15) is 37.9 Å². The normalized spacial score (nSPS) is 18.3. The maximum absolute atomic E-state index is 13.9. The number of aromatic nitrogens is 2. The SMILES string of the molecule is CC(C)C1CC(Oc2cc(=O)n(-c3ccc(C#N)c(F)c3)nc2C#N)CCN1C(=O)O. The Labute approximate surface area is 177 Å². The van der Waals surface area contributed by atoms with Gasteiger partial charge in [0.15, 0.2) is 5.75 Å². The number of hydrogen-bond donors (Lipinski definition) is 1. The number of piperidine rings is 1. The van der Waals surface area contributed by atoms with Crippen molar-refractivity contribution in [1.29, 1.82) is 10.5 Å². The zero-order valence-corrected chi connectivity index (χ0v) is 16.9. The van der Waals surface area contributed by atoms with E-state index in [-0.39, 0.29) is 47.3 Å². The monoisotopic (exact) mass is 425 g/mol. The van der Waals surface area contributed by atoms with Gasteiger partial charge in [-0.25, -0.2) is 9.18 Å². The molecule has 1 aliphatic heterocycles. The Kier molecular flexibility index (Phi) is 6.21. The van der Waals surface area contributed by atoms with Crippen LogP contribution in [-0.4, -0.2) is 44.6 Å². The number of rotatable bonds is 4. The molecule has 1 N–H and O–H groups in total. The van der Waals surface area contributed by atoms with Crippen molar-refractivity contribution >= 4 is 6.09 Å². The van der Waals surface area contributed by atoms with Crippen LogP contribution in [0.4, 0.5) is 9.18 Å². The van der Waals surface area contributed by atoms with Crippen LogP contribution in [0, 0.1) is 34.4 Å². The van der Waals surface area contributed by atoms with Crippen molar-refractivity contribution in [3.63, 3.8) is 0 Å². The van der Waals surface area contributed by atoms with Crippen molar-refractivity contribution in [2.24, 2.45) is 5.92 Å². The third-order valence-corrected chi connectivity index (χ3v) is 5.23. The Hall–Kier alpha value is -3.92. The minimum absolute atomic E-state index is 0.00542. The van der Waals surface area contributed by atoms with Crippen LogP contribution in [0.5, 0.6) is 5.75 Å². The summed E-state index contributed by atoms with van der Waals surface area (Å²) in [6.45, 7) is 4.12. The molecule has 2 heterocycles. The molecule has 2 unspecified atom stereocenters. The van der Waals surface area contributed by atoms with E-state index in [0.717, 1.165) is 16.8 Å². The van der Waals surface area contributed by atoms with Gasteiger partial charge in [-0.15, -0.1) is 5.10 Å². The fraction of sp³-hybridized carbons (Fsp3) is 0.381. The summed E-state index contributed by atoms with van der Waals surface area (Å²) in [5.74, 6) is -0.748. The number of amides is 1. The van der Waals surface area contributed by atoms with Gasteiger partial charge in [0.1, 0.15) is 24.1 Å². The number of likely N-dealkylation sites (tertiary alicyclic amines) is 1. The molecule has 2 atom stereocenters. The number of hydrogen-bond acceptors (Lipinski definition) is 6. The summed E-state index contributed by atoms with van der Waals surface area (Å²) in [5.41, 5.74) is -0.906. The number of benzene rings is 1. The van der Waals surface area contributed by atoms with Gasteiger partial charge in [-0.2, -0.15) is 15.2 Å². The molecule has 31 heavy (non-hydrogen) atoms. The van der Waals surface area contributed by atoms with Crippen molar-refractivity contribution in [1.82, 2.24) is 14.7 Å². The van der Waals surface area contributed by atoms with Crippen LogP contribution in [0.15, 0.2) is 29.1 Å². The molecule has 10 heteroatoms. The lowest BCUT2D eigenvalue weighted by Crippen LogP contribution is -2.50. The van der Waals surface area contributed by atoms with E-state index < -0.39 is 17.5 Å². The second-order valence-corrected chi connectivity index (χ2v) is 7.55. The largest absolute Gasteiger partial charge is 0.487 e. The summed E-state index contributed by atoms with van der Waals surface area (Å²) in [7, 11) is 0. The molecule has 1 aromatic carbocycles. The average molecular weight is 425 g/mol. The zero-order chi connectivity index (χ0) is 22.7. The molecule has 1 saturated heterocycles. The van der Waals surface area contributed by atoms with Crippen LogP contribution in [0.25, 0.3) is 5.69 Å². The molecule has 1 aliphatic rings. The van der Waals surface area contributed by atoms with Gasteiger partial charge in [0.25, 0.3) is 5.56 Å². The van der Waals surface area contributed by atoms with Gasteiger partial charge >= 0.3 is 6.09 Å². The highest BCUT2D eigenvalue weighted by Crippen LogP contribution is 2.27. The number of ether oxygens (including phenoxy) is 1.